The van der Waals surface area contributed by atoms with Gasteiger partial charge in [0.15, 0.2) is 5.82 Å². The van der Waals surface area contributed by atoms with Gasteiger partial charge in [0.2, 0.25) is 5.13 Å². The van der Waals surface area contributed by atoms with Crippen LogP contribution in [0.4, 0.5) is 10.9 Å². The van der Waals surface area contributed by atoms with Crippen LogP contribution in [0.1, 0.15) is 49.0 Å². The molecule has 2 aliphatic carbocycles. The van der Waals surface area contributed by atoms with Crippen LogP contribution in [0.25, 0.3) is 0 Å². The largest absolute Gasteiger partial charge is 0.351 e. The van der Waals surface area contributed by atoms with Gasteiger partial charge in [-0.15, -0.1) is 5.10 Å². The third-order valence-electron chi connectivity index (χ3n) is 5.08. The number of likely N-dealkylation sites (N-methyl/N-ethyl adjacent to an activating group) is 1. The van der Waals surface area contributed by atoms with E-state index < -0.39 is 0 Å². The maximum absolute atomic E-state index is 4.70. The van der Waals surface area contributed by atoms with Crippen molar-refractivity contribution in [3.8, 4) is 0 Å². The van der Waals surface area contributed by atoms with Crippen LogP contribution in [-0.2, 0) is 0 Å². The third-order valence-corrected chi connectivity index (χ3v) is 5.90. The lowest BCUT2D eigenvalue weighted by Crippen LogP contribution is -2.59. The fraction of sp³-hybridized carbons (Fsp3) is 0.625. The molecule has 7 heteroatoms. The van der Waals surface area contributed by atoms with E-state index in [1.54, 1.807) is 0 Å². The molecule has 2 aromatic rings. The molecule has 1 saturated heterocycles. The van der Waals surface area contributed by atoms with Crippen LogP contribution >= 0.6 is 11.5 Å². The first-order valence-corrected chi connectivity index (χ1v) is 9.20. The Kier molecular flexibility index (Phi) is 3.04. The molecule has 0 unspecified atom stereocenters. The zero-order valence-electron chi connectivity index (χ0n) is 13.2. The second-order valence-corrected chi connectivity index (χ2v) is 7.70. The summed E-state index contributed by atoms with van der Waals surface area (Å²) in [4.78, 5) is 9.25. The van der Waals surface area contributed by atoms with E-state index in [-0.39, 0.29) is 0 Å². The molecule has 1 aliphatic heterocycles. The highest BCUT2D eigenvalue weighted by Gasteiger charge is 2.34. The average Bonchev–Trinajstić information content (AvgIpc) is 3.45. The first-order chi connectivity index (χ1) is 11.3. The molecule has 3 aliphatic rings. The molecule has 3 heterocycles. The molecule has 0 radical (unpaired) electrons. The lowest BCUT2D eigenvalue weighted by molar-refractivity contribution is 0.489. The van der Waals surface area contributed by atoms with E-state index in [1.165, 1.54) is 37.2 Å². The van der Waals surface area contributed by atoms with Gasteiger partial charge in [-0.3, -0.25) is 0 Å². The summed E-state index contributed by atoms with van der Waals surface area (Å²) in [5.74, 6) is 3.35. The molecule has 5 rings (SSSR count). The molecular formula is C16H20N6S. The Bertz CT molecular complexity index is 700. The van der Waals surface area contributed by atoms with E-state index in [1.807, 2.05) is 0 Å². The first kappa shape index (κ1) is 13.7. The van der Waals surface area contributed by atoms with Crippen LogP contribution in [0.2, 0.25) is 0 Å². The van der Waals surface area contributed by atoms with Crippen molar-refractivity contribution in [2.45, 2.75) is 43.6 Å². The van der Waals surface area contributed by atoms with Gasteiger partial charge in [-0.2, -0.15) is 9.47 Å². The summed E-state index contributed by atoms with van der Waals surface area (Å²) in [5.41, 5.74) is 1.16. The number of rotatable bonds is 5. The van der Waals surface area contributed by atoms with Crippen molar-refractivity contribution in [2.75, 3.05) is 29.9 Å². The van der Waals surface area contributed by atoms with Gasteiger partial charge in [0.05, 0.1) is 11.7 Å². The molecule has 6 nitrogen and oxygen atoms in total. The molecule has 3 fully saturated rings. The van der Waals surface area contributed by atoms with Gasteiger partial charge >= 0.3 is 0 Å². The van der Waals surface area contributed by atoms with Crippen LogP contribution in [0.3, 0.4) is 0 Å². The minimum Gasteiger partial charge on any atom is -0.351 e. The number of hydrogen-bond donors (Lipinski definition) is 0. The fourth-order valence-electron chi connectivity index (χ4n) is 3.02. The van der Waals surface area contributed by atoms with Crippen molar-refractivity contribution in [1.82, 2.24) is 19.6 Å². The van der Waals surface area contributed by atoms with Gasteiger partial charge in [0.25, 0.3) is 0 Å². The Hall–Kier alpha value is -1.76. The maximum atomic E-state index is 4.70. The molecule has 0 N–H and O–H groups in total. The highest BCUT2D eigenvalue weighted by atomic mass is 32.1. The van der Waals surface area contributed by atoms with E-state index in [4.69, 9.17) is 4.98 Å². The van der Waals surface area contributed by atoms with Crippen LogP contribution in [0.5, 0.6) is 0 Å². The molecule has 2 saturated carbocycles. The molecule has 23 heavy (non-hydrogen) atoms. The van der Waals surface area contributed by atoms with Gasteiger partial charge in [-0.25, -0.2) is 4.98 Å². The SMILES string of the molecule is CN(c1nc(C2CC2)ns1)C1CN(c2ccc(C3CC3)nn2)C1. The molecular weight excluding hydrogens is 308 g/mol. The summed E-state index contributed by atoms with van der Waals surface area (Å²) < 4.78 is 4.50. The predicted octanol–water partition coefficient (Wildman–Crippen LogP) is 2.41. The standard InChI is InChI=1S/C16H20N6S/c1-21(16-17-15(20-23-16)11-4-5-11)12-8-22(9-12)14-7-6-13(18-19-14)10-2-3-10/h6-7,10-12H,2-5,8-9H2,1H3. The van der Waals surface area contributed by atoms with Gasteiger partial charge in [-0.05, 0) is 37.8 Å². The van der Waals surface area contributed by atoms with E-state index >= 15 is 0 Å². The van der Waals surface area contributed by atoms with E-state index in [9.17, 15) is 0 Å². The summed E-state index contributed by atoms with van der Waals surface area (Å²) in [7, 11) is 2.13. The van der Waals surface area contributed by atoms with E-state index in [0.29, 0.717) is 17.9 Å². The third kappa shape index (κ3) is 2.56. The second-order valence-electron chi connectivity index (χ2n) is 6.97. The summed E-state index contributed by atoms with van der Waals surface area (Å²) >= 11 is 1.53. The highest BCUT2D eigenvalue weighted by molar-refractivity contribution is 7.09. The monoisotopic (exact) mass is 328 g/mol. The zero-order chi connectivity index (χ0) is 15.4. The topological polar surface area (TPSA) is 58.0 Å². The smallest absolute Gasteiger partial charge is 0.205 e. The lowest BCUT2D eigenvalue weighted by Gasteiger charge is -2.44. The van der Waals surface area contributed by atoms with E-state index in [0.717, 1.165) is 35.6 Å². The molecule has 0 aromatic carbocycles. The van der Waals surface area contributed by atoms with Crippen molar-refractivity contribution >= 4 is 22.5 Å². The number of aromatic nitrogens is 4. The molecule has 0 amide bonds. The molecule has 120 valence electrons. The van der Waals surface area contributed by atoms with Crippen molar-refractivity contribution in [1.29, 1.82) is 0 Å². The second kappa shape index (κ2) is 5.12. The summed E-state index contributed by atoms with van der Waals surface area (Å²) in [6, 6.07) is 4.75. The predicted molar refractivity (Wildman–Crippen MR) is 90.3 cm³/mol. The first-order valence-electron chi connectivity index (χ1n) is 8.43. The Balaban J connectivity index is 1.21. The molecule has 2 aromatic heterocycles. The summed E-state index contributed by atoms with van der Waals surface area (Å²) in [5, 5.41) is 9.82. The van der Waals surface area contributed by atoms with Crippen molar-refractivity contribution in [2.24, 2.45) is 0 Å². The highest BCUT2D eigenvalue weighted by Crippen LogP contribution is 2.40. The maximum Gasteiger partial charge on any atom is 0.205 e. The van der Waals surface area contributed by atoms with Crippen LogP contribution in [0, 0.1) is 0 Å². The number of nitrogens with zero attached hydrogens (tertiary/aromatic N) is 6. The number of anilines is 2. The Morgan fingerprint density at radius 2 is 1.87 bits per heavy atom. The molecule has 0 bridgehead atoms. The van der Waals surface area contributed by atoms with Crippen molar-refractivity contribution < 1.29 is 0 Å². The minimum atomic E-state index is 0.486. The fourth-order valence-corrected chi connectivity index (χ4v) is 3.80. The van der Waals surface area contributed by atoms with Crippen LogP contribution < -0.4 is 9.80 Å². The average molecular weight is 328 g/mol. The molecule has 0 atom stereocenters. The summed E-state index contributed by atoms with van der Waals surface area (Å²) in [6.45, 7) is 1.96. The normalized spacial score (nSPS) is 21.3. The number of hydrogen-bond acceptors (Lipinski definition) is 7. The van der Waals surface area contributed by atoms with Gasteiger partial charge < -0.3 is 9.80 Å². The minimum absolute atomic E-state index is 0.486. The molecule has 0 spiro atoms. The Morgan fingerprint density at radius 1 is 1.09 bits per heavy atom. The Labute approximate surface area is 139 Å². The lowest BCUT2D eigenvalue weighted by atomic mass is 10.1. The van der Waals surface area contributed by atoms with Crippen LogP contribution in [-0.4, -0.2) is 45.7 Å². The van der Waals surface area contributed by atoms with E-state index in [2.05, 4.69) is 43.6 Å². The van der Waals surface area contributed by atoms with Crippen molar-refractivity contribution in [3.05, 3.63) is 23.7 Å². The van der Waals surface area contributed by atoms with Gasteiger partial charge in [0.1, 0.15) is 5.82 Å². The quantitative estimate of drug-likeness (QED) is 0.840. The Morgan fingerprint density at radius 3 is 2.52 bits per heavy atom. The van der Waals surface area contributed by atoms with Crippen LogP contribution in [0.15, 0.2) is 12.1 Å². The van der Waals surface area contributed by atoms with Gasteiger partial charge in [-0.1, -0.05) is 0 Å². The summed E-state index contributed by atoms with van der Waals surface area (Å²) in [6.07, 6.45) is 5.06. The van der Waals surface area contributed by atoms with Gasteiger partial charge in [0, 0.05) is 43.5 Å². The van der Waals surface area contributed by atoms with Crippen molar-refractivity contribution in [3.63, 3.8) is 0 Å². The zero-order valence-corrected chi connectivity index (χ0v) is 14.0.